The molecule has 1 rings (SSSR count). The molecule has 0 amide bonds. The molecule has 1 saturated heterocycles. The van der Waals surface area contributed by atoms with Crippen LogP contribution in [0.25, 0.3) is 0 Å². The van der Waals surface area contributed by atoms with Crippen molar-refractivity contribution in [1.29, 1.82) is 0 Å². The van der Waals surface area contributed by atoms with Crippen LogP contribution in [0.5, 0.6) is 0 Å². The monoisotopic (exact) mass is 190 g/mol. The summed E-state index contributed by atoms with van der Waals surface area (Å²) in [5, 5.41) is 26.9. The van der Waals surface area contributed by atoms with Crippen LogP contribution in [-0.2, 0) is 0 Å². The summed E-state index contributed by atoms with van der Waals surface area (Å²) in [6.45, 7) is 2.67. The standard InChI is InChI=1S/C9H19NO3/c11-6-8-2-1-3-10(4-8)5-9(13)7-12/h8-9,11-13H,1-7H2/p+1/t8-,9-/m1/s1. The maximum absolute atomic E-state index is 9.24. The zero-order valence-corrected chi connectivity index (χ0v) is 7.95. The Morgan fingerprint density at radius 3 is 2.77 bits per heavy atom. The first-order valence-electron chi connectivity index (χ1n) is 4.99. The van der Waals surface area contributed by atoms with Crippen molar-refractivity contribution in [1.82, 2.24) is 0 Å². The van der Waals surface area contributed by atoms with E-state index >= 15 is 0 Å². The van der Waals surface area contributed by atoms with Gasteiger partial charge in [-0.25, -0.2) is 0 Å². The fourth-order valence-electron chi connectivity index (χ4n) is 1.99. The maximum Gasteiger partial charge on any atom is 0.126 e. The Labute approximate surface area is 78.8 Å². The summed E-state index contributed by atoms with van der Waals surface area (Å²) >= 11 is 0. The van der Waals surface area contributed by atoms with Crippen LogP contribution in [-0.4, -0.2) is 54.3 Å². The highest BCUT2D eigenvalue weighted by atomic mass is 16.3. The Bertz CT molecular complexity index is 141. The Morgan fingerprint density at radius 2 is 2.15 bits per heavy atom. The first-order valence-corrected chi connectivity index (χ1v) is 4.99. The van der Waals surface area contributed by atoms with Gasteiger partial charge in [0.2, 0.25) is 0 Å². The van der Waals surface area contributed by atoms with E-state index in [2.05, 4.69) is 0 Å². The van der Waals surface area contributed by atoms with Gasteiger partial charge in [0.15, 0.2) is 0 Å². The van der Waals surface area contributed by atoms with Crippen LogP contribution >= 0.6 is 0 Å². The molecule has 0 aromatic rings. The number of hydrogen-bond donors (Lipinski definition) is 4. The molecule has 0 radical (unpaired) electrons. The Morgan fingerprint density at radius 1 is 1.38 bits per heavy atom. The first kappa shape index (κ1) is 10.9. The van der Waals surface area contributed by atoms with Gasteiger partial charge in [0.25, 0.3) is 0 Å². The summed E-state index contributed by atoms with van der Waals surface area (Å²) in [4.78, 5) is 1.30. The quantitative estimate of drug-likeness (QED) is 0.400. The second-order valence-corrected chi connectivity index (χ2v) is 3.94. The predicted octanol–water partition coefficient (Wildman–Crippen LogP) is -2.37. The van der Waals surface area contributed by atoms with Gasteiger partial charge >= 0.3 is 0 Å². The molecular weight excluding hydrogens is 170 g/mol. The molecular formula is C9H20NO3+. The van der Waals surface area contributed by atoms with Gasteiger partial charge in [0.05, 0.1) is 26.3 Å². The Kier molecular flexibility index (Phi) is 4.66. The molecule has 78 valence electrons. The van der Waals surface area contributed by atoms with Crippen molar-refractivity contribution in [2.75, 3.05) is 32.8 Å². The van der Waals surface area contributed by atoms with E-state index in [9.17, 15) is 5.11 Å². The van der Waals surface area contributed by atoms with Crippen LogP contribution < -0.4 is 4.90 Å². The lowest BCUT2D eigenvalue weighted by molar-refractivity contribution is -0.911. The molecule has 0 bridgehead atoms. The van der Waals surface area contributed by atoms with E-state index in [-0.39, 0.29) is 13.2 Å². The summed E-state index contributed by atoms with van der Waals surface area (Å²) in [6, 6.07) is 0. The summed E-state index contributed by atoms with van der Waals surface area (Å²) in [5.41, 5.74) is 0. The van der Waals surface area contributed by atoms with Gasteiger partial charge in [-0.15, -0.1) is 0 Å². The summed E-state index contributed by atoms with van der Waals surface area (Å²) < 4.78 is 0. The molecule has 0 aromatic carbocycles. The number of aliphatic hydroxyl groups excluding tert-OH is 3. The van der Waals surface area contributed by atoms with Crippen LogP contribution in [0.2, 0.25) is 0 Å². The molecule has 13 heavy (non-hydrogen) atoms. The van der Waals surface area contributed by atoms with Crippen LogP contribution in [0.4, 0.5) is 0 Å². The van der Waals surface area contributed by atoms with Crippen molar-refractivity contribution in [3.8, 4) is 0 Å². The number of likely N-dealkylation sites (tertiary alicyclic amines) is 1. The fraction of sp³-hybridized carbons (Fsp3) is 1.00. The van der Waals surface area contributed by atoms with E-state index in [0.29, 0.717) is 12.5 Å². The van der Waals surface area contributed by atoms with Gasteiger partial charge in [-0.05, 0) is 12.8 Å². The zero-order valence-electron chi connectivity index (χ0n) is 7.95. The molecule has 1 aliphatic heterocycles. The summed E-state index contributed by atoms with van der Waals surface area (Å²) in [6.07, 6.45) is 1.60. The van der Waals surface area contributed by atoms with Gasteiger partial charge in [0, 0.05) is 5.92 Å². The molecule has 4 nitrogen and oxygen atoms in total. The average Bonchev–Trinajstić information content (AvgIpc) is 2.18. The second kappa shape index (κ2) is 5.54. The van der Waals surface area contributed by atoms with Crippen molar-refractivity contribution in [3.63, 3.8) is 0 Å². The van der Waals surface area contributed by atoms with Gasteiger partial charge in [0.1, 0.15) is 12.6 Å². The fourth-order valence-corrected chi connectivity index (χ4v) is 1.99. The van der Waals surface area contributed by atoms with Crippen LogP contribution in [0.1, 0.15) is 12.8 Å². The number of aliphatic hydroxyl groups is 3. The molecule has 0 spiro atoms. The minimum Gasteiger partial charge on any atom is -0.396 e. The van der Waals surface area contributed by atoms with Crippen LogP contribution in [0, 0.1) is 5.92 Å². The SMILES string of the molecule is OC[C@H](O)C[NH+]1CCC[C@@H](CO)C1. The van der Waals surface area contributed by atoms with Crippen LogP contribution in [0.3, 0.4) is 0 Å². The highest BCUT2D eigenvalue weighted by Crippen LogP contribution is 2.05. The van der Waals surface area contributed by atoms with Gasteiger partial charge in [-0.1, -0.05) is 0 Å². The van der Waals surface area contributed by atoms with E-state index < -0.39 is 6.10 Å². The number of rotatable bonds is 4. The first-order chi connectivity index (χ1) is 6.26. The average molecular weight is 190 g/mol. The molecule has 4 N–H and O–H groups in total. The minimum atomic E-state index is -0.604. The van der Waals surface area contributed by atoms with Crippen molar-refractivity contribution in [2.45, 2.75) is 18.9 Å². The topological polar surface area (TPSA) is 65.1 Å². The smallest absolute Gasteiger partial charge is 0.126 e. The molecule has 1 aliphatic rings. The lowest BCUT2D eigenvalue weighted by Gasteiger charge is -2.29. The second-order valence-electron chi connectivity index (χ2n) is 3.94. The molecule has 1 unspecified atom stereocenters. The van der Waals surface area contributed by atoms with E-state index in [1.807, 2.05) is 0 Å². The predicted molar refractivity (Wildman–Crippen MR) is 48.5 cm³/mol. The summed E-state index contributed by atoms with van der Waals surface area (Å²) in [7, 11) is 0. The van der Waals surface area contributed by atoms with Crippen molar-refractivity contribution < 1.29 is 20.2 Å². The molecule has 1 heterocycles. The maximum atomic E-state index is 9.24. The number of piperidine rings is 1. The third-order valence-electron chi connectivity index (χ3n) is 2.71. The largest absolute Gasteiger partial charge is 0.396 e. The highest BCUT2D eigenvalue weighted by molar-refractivity contribution is 4.61. The third kappa shape index (κ3) is 3.60. The number of quaternary nitrogens is 1. The molecule has 0 aliphatic carbocycles. The van der Waals surface area contributed by atoms with E-state index in [1.54, 1.807) is 0 Å². The highest BCUT2D eigenvalue weighted by Gasteiger charge is 2.23. The normalized spacial score (nSPS) is 31.6. The molecule has 0 saturated carbocycles. The lowest BCUT2D eigenvalue weighted by Crippen LogP contribution is -3.14. The third-order valence-corrected chi connectivity index (χ3v) is 2.71. The van der Waals surface area contributed by atoms with Crippen molar-refractivity contribution in [3.05, 3.63) is 0 Å². The molecule has 3 atom stereocenters. The van der Waals surface area contributed by atoms with E-state index in [4.69, 9.17) is 10.2 Å². The van der Waals surface area contributed by atoms with Gasteiger partial charge in [-0.3, -0.25) is 0 Å². The number of hydrogen-bond acceptors (Lipinski definition) is 3. The van der Waals surface area contributed by atoms with Crippen molar-refractivity contribution in [2.24, 2.45) is 5.92 Å². The lowest BCUT2D eigenvalue weighted by atomic mass is 9.99. The molecule has 4 heteroatoms. The Balaban J connectivity index is 2.25. The molecule has 1 fully saturated rings. The molecule has 0 aromatic heterocycles. The van der Waals surface area contributed by atoms with E-state index in [0.717, 1.165) is 25.9 Å². The van der Waals surface area contributed by atoms with Gasteiger partial charge in [-0.2, -0.15) is 0 Å². The Hall–Kier alpha value is -0.160. The van der Waals surface area contributed by atoms with Crippen LogP contribution in [0.15, 0.2) is 0 Å². The number of nitrogens with one attached hydrogen (secondary N) is 1. The summed E-state index contributed by atoms with van der Waals surface area (Å²) in [5.74, 6) is 0.384. The van der Waals surface area contributed by atoms with Crippen molar-refractivity contribution >= 4 is 0 Å². The minimum absolute atomic E-state index is 0.159. The van der Waals surface area contributed by atoms with Gasteiger partial charge < -0.3 is 20.2 Å². The van der Waals surface area contributed by atoms with E-state index in [1.165, 1.54) is 4.90 Å². The zero-order chi connectivity index (χ0) is 9.68.